The third kappa shape index (κ3) is 6.83. The Morgan fingerprint density at radius 1 is 1.25 bits per heavy atom. The van der Waals surface area contributed by atoms with Gasteiger partial charge in [-0.05, 0) is 12.6 Å². The number of hydrogen-bond acceptors (Lipinski definition) is 4. The lowest BCUT2D eigenvalue weighted by Gasteiger charge is -2.18. The van der Waals surface area contributed by atoms with Gasteiger partial charge in [0.05, 0.1) is 6.54 Å². The van der Waals surface area contributed by atoms with Gasteiger partial charge in [0.2, 0.25) is 0 Å². The Morgan fingerprint density at radius 3 is 2.62 bits per heavy atom. The summed E-state index contributed by atoms with van der Waals surface area (Å²) in [5.74, 6) is 1.63. The van der Waals surface area contributed by atoms with E-state index in [1.807, 2.05) is 13.1 Å². The molecule has 0 aliphatic rings. The van der Waals surface area contributed by atoms with E-state index in [2.05, 4.69) is 61.9 Å². The Bertz CT molecular complexity index is 612. The van der Waals surface area contributed by atoms with Crippen molar-refractivity contribution in [1.29, 1.82) is 0 Å². The largest absolute Gasteiger partial charge is 0.355 e. The SMILES string of the molecule is CN=C(NCCN(C)Cc1ccccc1)NCc1ncnn1C.I. The lowest BCUT2D eigenvalue weighted by Crippen LogP contribution is -2.40. The molecular formula is C16H26IN7. The fourth-order valence-electron chi connectivity index (χ4n) is 2.20. The number of likely N-dealkylation sites (N-methyl/N-ethyl adjacent to an activating group) is 1. The molecule has 0 unspecified atom stereocenters. The average Bonchev–Trinajstić information content (AvgIpc) is 2.97. The van der Waals surface area contributed by atoms with Crippen LogP contribution in [-0.4, -0.2) is 52.8 Å². The number of nitrogens with zero attached hydrogens (tertiary/aromatic N) is 5. The molecule has 0 bridgehead atoms. The van der Waals surface area contributed by atoms with Crippen molar-refractivity contribution in [2.45, 2.75) is 13.1 Å². The van der Waals surface area contributed by atoms with Crippen molar-refractivity contribution in [3.63, 3.8) is 0 Å². The first-order valence-electron chi connectivity index (χ1n) is 7.69. The fraction of sp³-hybridized carbons (Fsp3) is 0.438. The molecule has 24 heavy (non-hydrogen) atoms. The molecule has 0 radical (unpaired) electrons. The van der Waals surface area contributed by atoms with E-state index in [9.17, 15) is 0 Å². The molecule has 132 valence electrons. The summed E-state index contributed by atoms with van der Waals surface area (Å²) < 4.78 is 1.74. The van der Waals surface area contributed by atoms with Crippen molar-refractivity contribution >= 4 is 29.9 Å². The van der Waals surface area contributed by atoms with Crippen molar-refractivity contribution in [2.75, 3.05) is 27.2 Å². The zero-order valence-corrected chi connectivity index (χ0v) is 16.8. The van der Waals surface area contributed by atoms with Gasteiger partial charge in [-0.15, -0.1) is 24.0 Å². The summed E-state index contributed by atoms with van der Waals surface area (Å²) in [4.78, 5) is 10.7. The first kappa shape index (κ1) is 20.4. The van der Waals surface area contributed by atoms with Gasteiger partial charge < -0.3 is 15.5 Å². The van der Waals surface area contributed by atoms with Gasteiger partial charge >= 0.3 is 0 Å². The fourth-order valence-corrected chi connectivity index (χ4v) is 2.20. The van der Waals surface area contributed by atoms with Gasteiger partial charge in [-0.3, -0.25) is 9.67 Å². The summed E-state index contributed by atoms with van der Waals surface area (Å²) in [5, 5.41) is 10.6. The molecule has 8 heteroatoms. The minimum atomic E-state index is 0. The molecule has 1 aromatic heterocycles. The number of aliphatic imine (C=N–C) groups is 1. The van der Waals surface area contributed by atoms with E-state index in [1.165, 1.54) is 5.56 Å². The second-order valence-corrected chi connectivity index (χ2v) is 5.38. The van der Waals surface area contributed by atoms with Crippen LogP contribution in [0.1, 0.15) is 11.4 Å². The maximum absolute atomic E-state index is 4.22. The second-order valence-electron chi connectivity index (χ2n) is 5.38. The highest BCUT2D eigenvalue weighted by Gasteiger charge is 2.04. The zero-order chi connectivity index (χ0) is 16.5. The molecule has 0 saturated heterocycles. The normalized spacial score (nSPS) is 11.2. The zero-order valence-electron chi connectivity index (χ0n) is 14.4. The molecule has 0 fully saturated rings. The second kappa shape index (κ2) is 11.0. The Kier molecular flexibility index (Phi) is 9.31. The summed E-state index contributed by atoms with van der Waals surface area (Å²) >= 11 is 0. The highest BCUT2D eigenvalue weighted by Crippen LogP contribution is 2.01. The summed E-state index contributed by atoms with van der Waals surface area (Å²) in [6.45, 7) is 3.28. The van der Waals surface area contributed by atoms with E-state index in [4.69, 9.17) is 0 Å². The van der Waals surface area contributed by atoms with Gasteiger partial charge in [-0.1, -0.05) is 30.3 Å². The number of rotatable bonds is 7. The van der Waals surface area contributed by atoms with Gasteiger partial charge in [0.1, 0.15) is 12.2 Å². The summed E-state index contributed by atoms with van der Waals surface area (Å²) in [7, 11) is 5.75. The molecule has 0 atom stereocenters. The third-order valence-electron chi connectivity index (χ3n) is 3.52. The molecule has 2 rings (SSSR count). The van der Waals surface area contributed by atoms with Gasteiger partial charge in [0, 0.05) is 33.7 Å². The van der Waals surface area contributed by atoms with Crippen LogP contribution in [0, 0.1) is 0 Å². The Hall–Kier alpha value is -1.68. The first-order valence-corrected chi connectivity index (χ1v) is 7.69. The van der Waals surface area contributed by atoms with Crippen LogP contribution in [0.3, 0.4) is 0 Å². The average molecular weight is 443 g/mol. The predicted molar refractivity (Wildman–Crippen MR) is 107 cm³/mol. The van der Waals surface area contributed by atoms with Crippen molar-refractivity contribution in [1.82, 2.24) is 30.3 Å². The van der Waals surface area contributed by atoms with Crippen molar-refractivity contribution in [2.24, 2.45) is 12.0 Å². The quantitative estimate of drug-likeness (QED) is 0.383. The third-order valence-corrected chi connectivity index (χ3v) is 3.52. The minimum Gasteiger partial charge on any atom is -0.355 e. The number of guanidine groups is 1. The number of halogens is 1. The first-order chi connectivity index (χ1) is 11.2. The summed E-state index contributed by atoms with van der Waals surface area (Å²) in [5.41, 5.74) is 1.32. The Morgan fingerprint density at radius 2 is 2.00 bits per heavy atom. The molecule has 0 aliphatic heterocycles. The number of aryl methyl sites for hydroxylation is 1. The lowest BCUT2D eigenvalue weighted by molar-refractivity contribution is 0.331. The van der Waals surface area contributed by atoms with Crippen LogP contribution in [0.5, 0.6) is 0 Å². The van der Waals surface area contributed by atoms with E-state index in [-0.39, 0.29) is 24.0 Å². The van der Waals surface area contributed by atoms with Crippen LogP contribution in [-0.2, 0) is 20.1 Å². The molecule has 1 heterocycles. The van der Waals surface area contributed by atoms with Crippen LogP contribution in [0.4, 0.5) is 0 Å². The maximum Gasteiger partial charge on any atom is 0.191 e. The molecule has 0 aliphatic carbocycles. The molecule has 0 saturated carbocycles. The van der Waals surface area contributed by atoms with Crippen LogP contribution < -0.4 is 10.6 Å². The standard InChI is InChI=1S/C16H25N7.HI/c1-17-16(19-11-15-20-13-21-23(15)3)18-9-10-22(2)12-14-7-5-4-6-8-14;/h4-8,13H,9-12H2,1-3H3,(H2,17,18,19);1H. The highest BCUT2D eigenvalue weighted by atomic mass is 127. The molecule has 2 N–H and O–H groups in total. The van der Waals surface area contributed by atoms with E-state index >= 15 is 0 Å². The summed E-state index contributed by atoms with van der Waals surface area (Å²) in [6.07, 6.45) is 1.55. The van der Waals surface area contributed by atoms with Gasteiger partial charge in [-0.2, -0.15) is 5.10 Å². The van der Waals surface area contributed by atoms with E-state index < -0.39 is 0 Å². The van der Waals surface area contributed by atoms with E-state index in [1.54, 1.807) is 18.1 Å². The molecule has 7 nitrogen and oxygen atoms in total. The van der Waals surface area contributed by atoms with Crippen LogP contribution in [0.25, 0.3) is 0 Å². The van der Waals surface area contributed by atoms with Gasteiger partial charge in [0.15, 0.2) is 5.96 Å². The smallest absolute Gasteiger partial charge is 0.191 e. The minimum absolute atomic E-state index is 0. The molecule has 0 amide bonds. The molecular weight excluding hydrogens is 417 g/mol. The number of benzene rings is 1. The number of hydrogen-bond donors (Lipinski definition) is 2. The van der Waals surface area contributed by atoms with Crippen molar-refractivity contribution in [3.8, 4) is 0 Å². The molecule has 2 aromatic rings. The highest BCUT2D eigenvalue weighted by molar-refractivity contribution is 14.0. The summed E-state index contributed by atoms with van der Waals surface area (Å²) in [6, 6.07) is 10.5. The Labute approximate surface area is 160 Å². The number of aromatic nitrogens is 3. The molecule has 1 aromatic carbocycles. The Balaban J connectivity index is 0.00000288. The van der Waals surface area contributed by atoms with Gasteiger partial charge in [-0.25, -0.2) is 4.98 Å². The van der Waals surface area contributed by atoms with Crippen LogP contribution in [0.2, 0.25) is 0 Å². The van der Waals surface area contributed by atoms with Crippen molar-refractivity contribution < 1.29 is 0 Å². The molecule has 0 spiro atoms. The maximum atomic E-state index is 4.22. The van der Waals surface area contributed by atoms with Crippen molar-refractivity contribution in [3.05, 3.63) is 48.0 Å². The van der Waals surface area contributed by atoms with Gasteiger partial charge in [0.25, 0.3) is 0 Å². The predicted octanol–water partition coefficient (Wildman–Crippen LogP) is 1.23. The van der Waals surface area contributed by atoms with Crippen LogP contribution >= 0.6 is 24.0 Å². The van der Waals surface area contributed by atoms with Crippen LogP contribution in [0.15, 0.2) is 41.7 Å². The topological polar surface area (TPSA) is 70.4 Å². The monoisotopic (exact) mass is 443 g/mol. The van der Waals surface area contributed by atoms with E-state index in [0.717, 1.165) is 31.4 Å². The van der Waals surface area contributed by atoms with E-state index in [0.29, 0.717) is 6.54 Å². The lowest BCUT2D eigenvalue weighted by atomic mass is 10.2. The number of nitrogens with one attached hydrogen (secondary N) is 2.